The van der Waals surface area contributed by atoms with Crippen molar-refractivity contribution in [1.29, 1.82) is 0 Å². The number of aliphatic hydroxyl groups excluding tert-OH is 4. The molecule has 2 heterocycles. The summed E-state index contributed by atoms with van der Waals surface area (Å²) in [7, 11) is 0. The van der Waals surface area contributed by atoms with Crippen LogP contribution in [-0.4, -0.2) is 64.9 Å². The molecule has 0 bridgehead atoms. The second-order valence-corrected chi connectivity index (χ2v) is 6.50. The van der Waals surface area contributed by atoms with E-state index >= 15 is 0 Å². The maximum absolute atomic E-state index is 12.2. The van der Waals surface area contributed by atoms with E-state index in [0.717, 1.165) is 11.1 Å². The van der Waals surface area contributed by atoms with Gasteiger partial charge >= 0.3 is 5.69 Å². The molecule has 144 valence electrons. The third-order valence-electron chi connectivity index (χ3n) is 4.57. The largest absolute Gasteiger partial charge is 0.394 e. The molecule has 0 saturated carbocycles. The first-order chi connectivity index (χ1) is 12.7. The first-order valence-electron chi connectivity index (χ1n) is 8.29. The molecular weight excluding hydrogens is 358 g/mol. The summed E-state index contributed by atoms with van der Waals surface area (Å²) in [5, 5.41) is 38.8. The lowest BCUT2D eigenvalue weighted by Crippen LogP contribution is -2.42. The van der Waals surface area contributed by atoms with Crippen LogP contribution in [0.4, 0.5) is 0 Å². The van der Waals surface area contributed by atoms with E-state index in [2.05, 4.69) is 15.0 Å². The third-order valence-corrected chi connectivity index (χ3v) is 4.57. The highest BCUT2D eigenvalue weighted by molar-refractivity contribution is 5.81. The second-order valence-electron chi connectivity index (χ2n) is 6.50. The van der Waals surface area contributed by atoms with Gasteiger partial charge in [0.2, 0.25) is 0 Å². The van der Waals surface area contributed by atoms with Crippen LogP contribution in [0, 0.1) is 13.8 Å². The highest BCUT2D eigenvalue weighted by atomic mass is 16.4. The number of benzene rings is 1. The van der Waals surface area contributed by atoms with Crippen molar-refractivity contribution in [3.05, 3.63) is 44.1 Å². The molecule has 3 atom stereocenters. The van der Waals surface area contributed by atoms with Gasteiger partial charge < -0.3 is 25.0 Å². The molecule has 27 heavy (non-hydrogen) atoms. The zero-order valence-corrected chi connectivity index (χ0v) is 14.7. The Hall–Kier alpha value is -2.66. The number of fused-ring (bicyclic) bond motifs is 2. The number of rotatable bonds is 5. The van der Waals surface area contributed by atoms with Crippen LogP contribution in [0.25, 0.3) is 22.6 Å². The molecule has 0 fully saturated rings. The topological polar surface area (TPSA) is 162 Å². The lowest BCUT2D eigenvalue weighted by Gasteiger charge is -2.25. The Kier molecular flexibility index (Phi) is 5.07. The van der Waals surface area contributed by atoms with Gasteiger partial charge in [-0.2, -0.15) is 4.98 Å². The van der Waals surface area contributed by atoms with Gasteiger partial charge in [0, 0.05) is 0 Å². The van der Waals surface area contributed by atoms with Crippen LogP contribution >= 0.6 is 0 Å². The number of nitrogens with one attached hydrogen (secondary N) is 1. The Bertz CT molecular complexity index is 1080. The van der Waals surface area contributed by atoms with Gasteiger partial charge in [-0.25, -0.2) is 9.78 Å². The molecule has 3 rings (SSSR count). The van der Waals surface area contributed by atoms with Crippen LogP contribution in [-0.2, 0) is 6.54 Å². The molecule has 1 aromatic rings. The van der Waals surface area contributed by atoms with Crippen molar-refractivity contribution in [3.8, 4) is 11.5 Å². The lowest BCUT2D eigenvalue weighted by atomic mass is 10.1. The number of hydrogen-bond acceptors (Lipinski definition) is 8. The standard InChI is InChI=1S/C17H20N4O6/c1-7-3-9-10(4-8(7)2)21(5-11(23)14(25)12(24)6-22)15-13(18-9)16(26)20-17(27)19-15/h3-4,11-12,14,22-25H,5-6H2,1-2H3,(H,20,26,27)/t11-,12+,14-/m1/s1/i7+1,10+1. The Labute approximate surface area is 152 Å². The van der Waals surface area contributed by atoms with Gasteiger partial charge in [-0.1, -0.05) is 0 Å². The van der Waals surface area contributed by atoms with E-state index in [9.17, 15) is 24.9 Å². The van der Waals surface area contributed by atoms with Crippen molar-refractivity contribution in [2.75, 3.05) is 6.61 Å². The van der Waals surface area contributed by atoms with Crippen molar-refractivity contribution in [2.24, 2.45) is 0 Å². The van der Waals surface area contributed by atoms with Crippen LogP contribution in [0.1, 0.15) is 11.1 Å². The summed E-state index contributed by atoms with van der Waals surface area (Å²) in [5.74, 6) is -0.0516. The van der Waals surface area contributed by atoms with Crippen molar-refractivity contribution in [3.63, 3.8) is 0 Å². The van der Waals surface area contributed by atoms with E-state index in [1.54, 1.807) is 12.1 Å². The third kappa shape index (κ3) is 3.47. The first-order valence-corrected chi connectivity index (χ1v) is 8.29. The fourth-order valence-electron chi connectivity index (χ4n) is 2.89. The number of aromatic nitrogens is 4. The second kappa shape index (κ2) is 7.16. The van der Waals surface area contributed by atoms with Gasteiger partial charge in [-0.3, -0.25) is 9.78 Å². The summed E-state index contributed by atoms with van der Waals surface area (Å²) in [4.78, 5) is 34.0. The average Bonchev–Trinajstić information content (AvgIpc) is 2.62. The molecule has 1 aromatic carbocycles. The molecule has 0 radical (unpaired) electrons. The first kappa shape index (κ1) is 19.1. The van der Waals surface area contributed by atoms with E-state index in [-0.39, 0.29) is 18.1 Å². The number of H-pyrrole nitrogens is 1. The molecular formula is C17H20N4O6. The molecule has 0 aromatic heterocycles. The molecule has 10 heteroatoms. The zero-order valence-electron chi connectivity index (χ0n) is 14.7. The fraction of sp³-hybridized carbons (Fsp3) is 0.412. The summed E-state index contributed by atoms with van der Waals surface area (Å²) in [5.41, 5.74) is 1.11. The van der Waals surface area contributed by atoms with Crippen LogP contribution in [0.3, 0.4) is 0 Å². The number of aryl methyl sites for hydroxylation is 2. The highest BCUT2D eigenvalue weighted by Gasteiger charge is 2.27. The van der Waals surface area contributed by atoms with Gasteiger partial charge in [0.1, 0.15) is 18.3 Å². The highest BCUT2D eigenvalue weighted by Crippen LogP contribution is 2.24. The number of hydrogen-bond donors (Lipinski definition) is 5. The van der Waals surface area contributed by atoms with Gasteiger partial charge in [-0.05, 0) is 37.1 Å². The van der Waals surface area contributed by atoms with Gasteiger partial charge in [0.15, 0.2) is 11.5 Å². The molecule has 0 saturated heterocycles. The van der Waals surface area contributed by atoms with Crippen molar-refractivity contribution in [2.45, 2.75) is 38.7 Å². The minimum absolute atomic E-state index is 0.0516. The van der Waals surface area contributed by atoms with Crippen LogP contribution in [0.5, 0.6) is 0 Å². The summed E-state index contributed by atoms with van der Waals surface area (Å²) in [6.07, 6.45) is -4.68. The van der Waals surface area contributed by atoms with Crippen LogP contribution in [0.15, 0.2) is 21.7 Å². The number of aromatic amines is 1. The molecule has 10 nitrogen and oxygen atoms in total. The van der Waals surface area contributed by atoms with E-state index in [1.807, 2.05) is 13.8 Å². The zero-order chi connectivity index (χ0) is 19.9. The summed E-state index contributed by atoms with van der Waals surface area (Å²) in [6.45, 7) is 2.73. The van der Waals surface area contributed by atoms with Gasteiger partial charge in [0.05, 0.1) is 24.2 Å². The van der Waals surface area contributed by atoms with Crippen molar-refractivity contribution < 1.29 is 20.4 Å². The average molecular weight is 378 g/mol. The summed E-state index contributed by atoms with van der Waals surface area (Å²) < 4.78 is 1.40. The lowest BCUT2D eigenvalue weighted by molar-refractivity contribution is -0.0802. The maximum Gasteiger partial charge on any atom is 0.349 e. The molecule has 2 aliphatic rings. The molecule has 2 aliphatic heterocycles. The van der Waals surface area contributed by atoms with E-state index < -0.39 is 36.2 Å². The van der Waals surface area contributed by atoms with Crippen molar-refractivity contribution >= 4 is 11.0 Å². The van der Waals surface area contributed by atoms with Gasteiger partial charge in [-0.15, -0.1) is 0 Å². The minimum Gasteiger partial charge on any atom is -0.394 e. The molecule has 0 aliphatic carbocycles. The van der Waals surface area contributed by atoms with Crippen LogP contribution in [0.2, 0.25) is 0 Å². The van der Waals surface area contributed by atoms with E-state index in [4.69, 9.17) is 5.11 Å². The Morgan fingerprint density at radius 3 is 2.41 bits per heavy atom. The van der Waals surface area contributed by atoms with Crippen LogP contribution < -0.4 is 11.2 Å². The summed E-state index contributed by atoms with van der Waals surface area (Å²) >= 11 is 0. The molecule has 0 amide bonds. The Balaban J connectivity index is 2.28. The molecule has 0 unspecified atom stereocenters. The molecule has 5 N–H and O–H groups in total. The SMILES string of the molecule is Cc1c[13c]2c(c[13c]1C)nc1c(=O)[nH]c(=O)nc-1n2C[C@@H](O)[C@@H](O)[C@@H](O)CO. The minimum atomic E-state index is -1.64. The van der Waals surface area contributed by atoms with Gasteiger partial charge in [0.25, 0.3) is 5.56 Å². The summed E-state index contributed by atoms with van der Waals surface area (Å²) in [6, 6.07) is 3.53. The Morgan fingerprint density at radius 1 is 1.07 bits per heavy atom. The number of aliphatic hydroxyl groups is 4. The predicted molar refractivity (Wildman–Crippen MR) is 95.6 cm³/mol. The Morgan fingerprint density at radius 2 is 1.74 bits per heavy atom. The van der Waals surface area contributed by atoms with Crippen molar-refractivity contribution in [1.82, 2.24) is 19.5 Å². The van der Waals surface area contributed by atoms with E-state index in [1.165, 1.54) is 4.57 Å². The normalized spacial score (nSPS) is 15.2. The smallest absolute Gasteiger partial charge is 0.349 e. The van der Waals surface area contributed by atoms with E-state index in [0.29, 0.717) is 11.0 Å². The predicted octanol–water partition coefficient (Wildman–Crippen LogP) is -1.72. The monoisotopic (exact) mass is 378 g/mol. The fourth-order valence-corrected chi connectivity index (χ4v) is 2.89. The number of nitrogens with zero attached hydrogens (tertiary/aromatic N) is 3. The quantitative estimate of drug-likeness (QED) is 0.327. The molecule has 0 spiro atoms. The maximum atomic E-state index is 12.2.